The smallest absolute Gasteiger partial charge is 0.239 e. The van der Waals surface area contributed by atoms with Crippen LogP contribution in [-0.2, 0) is 27.5 Å². The lowest BCUT2D eigenvalue weighted by Gasteiger charge is -2.22. The molecule has 0 spiro atoms. The number of nitrogens with one attached hydrogen (secondary N) is 2. The standard InChI is InChI=1S/C26H33N3O4/c1-3-4-5-9-12-26(32)29(19-24(30)27-17-21-10-7-6-8-11-21)20-25(31)28-18-22-13-15-23(33-2)16-14-22/h3,6-8,10-11,13-16H,1,4-5,9,12,17-20H2,2H3,(H,27,30)(H,28,31). The van der Waals surface area contributed by atoms with Gasteiger partial charge < -0.3 is 20.3 Å². The molecule has 7 heteroatoms. The first kappa shape index (κ1) is 25.6. The Morgan fingerprint density at radius 1 is 0.879 bits per heavy atom. The molecule has 0 saturated carbocycles. The quantitative estimate of drug-likeness (QED) is 0.341. The van der Waals surface area contributed by atoms with Gasteiger partial charge in [-0.3, -0.25) is 14.4 Å². The number of hydrogen-bond acceptors (Lipinski definition) is 4. The third-order valence-corrected chi connectivity index (χ3v) is 5.05. The molecular formula is C26H33N3O4. The van der Waals surface area contributed by atoms with E-state index in [4.69, 9.17) is 4.74 Å². The number of ether oxygens (including phenoxy) is 1. The summed E-state index contributed by atoms with van der Waals surface area (Å²) in [6.07, 6.45) is 4.44. The highest BCUT2D eigenvalue weighted by Gasteiger charge is 2.20. The summed E-state index contributed by atoms with van der Waals surface area (Å²) >= 11 is 0. The van der Waals surface area contributed by atoms with Crippen molar-refractivity contribution in [2.75, 3.05) is 20.2 Å². The van der Waals surface area contributed by atoms with Crippen molar-refractivity contribution in [2.45, 2.75) is 38.8 Å². The SMILES string of the molecule is C=CCCCCC(=O)N(CC(=O)NCc1ccccc1)CC(=O)NCc1ccc(OC)cc1. The Labute approximate surface area is 195 Å². The average Bonchev–Trinajstić information content (AvgIpc) is 2.84. The first-order chi connectivity index (χ1) is 16.0. The molecule has 0 heterocycles. The van der Waals surface area contributed by atoms with Gasteiger partial charge in [-0.05, 0) is 42.5 Å². The molecule has 0 aliphatic heterocycles. The van der Waals surface area contributed by atoms with E-state index in [1.54, 1.807) is 7.11 Å². The number of rotatable bonds is 14. The summed E-state index contributed by atoms with van der Waals surface area (Å²) < 4.78 is 5.13. The van der Waals surface area contributed by atoms with Gasteiger partial charge in [0.05, 0.1) is 7.11 Å². The lowest BCUT2D eigenvalue weighted by molar-refractivity contribution is -0.139. The lowest BCUT2D eigenvalue weighted by atomic mass is 10.1. The minimum Gasteiger partial charge on any atom is -0.497 e. The van der Waals surface area contributed by atoms with Crippen LogP contribution in [0.2, 0.25) is 0 Å². The monoisotopic (exact) mass is 451 g/mol. The molecule has 0 aliphatic rings. The second-order valence-corrected chi connectivity index (χ2v) is 7.67. The molecular weight excluding hydrogens is 418 g/mol. The number of amides is 3. The lowest BCUT2D eigenvalue weighted by Crippen LogP contribution is -2.45. The average molecular weight is 452 g/mol. The maximum absolute atomic E-state index is 12.7. The van der Waals surface area contributed by atoms with Crippen molar-refractivity contribution in [3.05, 3.63) is 78.4 Å². The van der Waals surface area contributed by atoms with E-state index in [0.29, 0.717) is 19.5 Å². The summed E-state index contributed by atoms with van der Waals surface area (Å²) in [5.74, 6) is -0.101. The number of carbonyl (C=O) groups excluding carboxylic acids is 3. The molecule has 2 aromatic rings. The molecule has 2 N–H and O–H groups in total. The third kappa shape index (κ3) is 10.0. The molecule has 0 fully saturated rings. The zero-order valence-corrected chi connectivity index (χ0v) is 19.2. The number of benzene rings is 2. The van der Waals surface area contributed by atoms with E-state index < -0.39 is 0 Å². The zero-order valence-electron chi connectivity index (χ0n) is 19.2. The molecule has 0 aliphatic carbocycles. The Kier molecular flexibility index (Phi) is 11.2. The summed E-state index contributed by atoms with van der Waals surface area (Å²) in [4.78, 5) is 39.0. The van der Waals surface area contributed by atoms with E-state index in [9.17, 15) is 14.4 Å². The van der Waals surface area contributed by atoms with Crippen LogP contribution in [0.4, 0.5) is 0 Å². The molecule has 3 amide bonds. The number of allylic oxidation sites excluding steroid dienone is 1. The predicted molar refractivity (Wildman–Crippen MR) is 128 cm³/mol. The van der Waals surface area contributed by atoms with Crippen molar-refractivity contribution < 1.29 is 19.1 Å². The maximum atomic E-state index is 12.7. The van der Waals surface area contributed by atoms with Crippen LogP contribution in [0.25, 0.3) is 0 Å². The van der Waals surface area contributed by atoms with Crippen LogP contribution in [0, 0.1) is 0 Å². The van der Waals surface area contributed by atoms with Crippen LogP contribution in [0.1, 0.15) is 36.8 Å². The van der Waals surface area contributed by atoms with Gasteiger partial charge in [0.2, 0.25) is 17.7 Å². The summed E-state index contributed by atoms with van der Waals surface area (Å²) in [6.45, 7) is 4.04. The summed E-state index contributed by atoms with van der Waals surface area (Å²) in [5.41, 5.74) is 1.87. The van der Waals surface area contributed by atoms with Gasteiger partial charge in [0, 0.05) is 19.5 Å². The van der Waals surface area contributed by atoms with Crippen LogP contribution in [0.3, 0.4) is 0 Å². The topological polar surface area (TPSA) is 87.7 Å². The number of hydrogen-bond donors (Lipinski definition) is 2. The highest BCUT2D eigenvalue weighted by molar-refractivity contribution is 5.89. The van der Waals surface area contributed by atoms with Crippen LogP contribution < -0.4 is 15.4 Å². The Morgan fingerprint density at radius 3 is 2.00 bits per heavy atom. The summed E-state index contributed by atoms with van der Waals surface area (Å²) in [5, 5.41) is 5.62. The van der Waals surface area contributed by atoms with E-state index in [-0.39, 0.29) is 37.2 Å². The number of methoxy groups -OCH3 is 1. The van der Waals surface area contributed by atoms with Crippen molar-refractivity contribution in [2.24, 2.45) is 0 Å². The summed E-state index contributed by atoms with van der Waals surface area (Å²) in [6, 6.07) is 16.9. The third-order valence-electron chi connectivity index (χ3n) is 5.05. The van der Waals surface area contributed by atoms with E-state index in [1.807, 2.05) is 60.7 Å². The Bertz CT molecular complexity index is 898. The molecule has 0 bridgehead atoms. The van der Waals surface area contributed by atoms with Crippen molar-refractivity contribution in [1.82, 2.24) is 15.5 Å². The van der Waals surface area contributed by atoms with Crippen molar-refractivity contribution in [3.63, 3.8) is 0 Å². The fraction of sp³-hybridized carbons (Fsp3) is 0.346. The predicted octanol–water partition coefficient (Wildman–Crippen LogP) is 3.20. The highest BCUT2D eigenvalue weighted by Crippen LogP contribution is 2.11. The Hall–Kier alpha value is -3.61. The van der Waals surface area contributed by atoms with Gasteiger partial charge in [-0.25, -0.2) is 0 Å². The Balaban J connectivity index is 1.90. The van der Waals surface area contributed by atoms with E-state index in [2.05, 4.69) is 17.2 Å². The van der Waals surface area contributed by atoms with E-state index in [0.717, 1.165) is 29.7 Å². The number of unbranched alkanes of at least 4 members (excludes halogenated alkanes) is 2. The maximum Gasteiger partial charge on any atom is 0.239 e. The summed E-state index contributed by atoms with van der Waals surface area (Å²) in [7, 11) is 1.59. The molecule has 0 unspecified atom stereocenters. The fourth-order valence-corrected chi connectivity index (χ4v) is 3.15. The van der Waals surface area contributed by atoms with Crippen LogP contribution in [0.5, 0.6) is 5.75 Å². The Morgan fingerprint density at radius 2 is 1.45 bits per heavy atom. The van der Waals surface area contributed by atoms with Crippen molar-refractivity contribution in [3.8, 4) is 5.75 Å². The number of carbonyl (C=O) groups is 3. The second-order valence-electron chi connectivity index (χ2n) is 7.67. The van der Waals surface area contributed by atoms with Crippen molar-refractivity contribution >= 4 is 17.7 Å². The fourth-order valence-electron chi connectivity index (χ4n) is 3.15. The van der Waals surface area contributed by atoms with Gasteiger partial charge >= 0.3 is 0 Å². The minimum atomic E-state index is -0.318. The molecule has 176 valence electrons. The normalized spacial score (nSPS) is 10.2. The van der Waals surface area contributed by atoms with E-state index in [1.165, 1.54) is 4.90 Å². The van der Waals surface area contributed by atoms with Gasteiger partial charge in [0.1, 0.15) is 18.8 Å². The van der Waals surface area contributed by atoms with Crippen LogP contribution in [-0.4, -0.2) is 42.8 Å². The van der Waals surface area contributed by atoms with Gasteiger partial charge in [-0.15, -0.1) is 6.58 Å². The van der Waals surface area contributed by atoms with Crippen molar-refractivity contribution in [1.29, 1.82) is 0 Å². The largest absolute Gasteiger partial charge is 0.497 e. The molecule has 0 atom stereocenters. The van der Waals surface area contributed by atoms with E-state index >= 15 is 0 Å². The molecule has 2 rings (SSSR count). The molecule has 0 saturated heterocycles. The molecule has 7 nitrogen and oxygen atoms in total. The van der Waals surface area contributed by atoms with Gasteiger partial charge in [-0.2, -0.15) is 0 Å². The number of nitrogens with zero attached hydrogens (tertiary/aromatic N) is 1. The zero-order chi connectivity index (χ0) is 23.9. The molecule has 0 aromatic heterocycles. The highest BCUT2D eigenvalue weighted by atomic mass is 16.5. The molecule has 2 aromatic carbocycles. The van der Waals surface area contributed by atoms with Gasteiger partial charge in [0.25, 0.3) is 0 Å². The minimum absolute atomic E-state index is 0.164. The first-order valence-corrected chi connectivity index (χ1v) is 11.1. The van der Waals surface area contributed by atoms with Gasteiger partial charge in [-0.1, -0.05) is 48.5 Å². The second kappa shape index (κ2) is 14.5. The van der Waals surface area contributed by atoms with Crippen LogP contribution >= 0.6 is 0 Å². The van der Waals surface area contributed by atoms with Gasteiger partial charge in [0.15, 0.2) is 0 Å². The first-order valence-electron chi connectivity index (χ1n) is 11.1. The van der Waals surface area contributed by atoms with Crippen LogP contribution in [0.15, 0.2) is 67.3 Å². The molecule has 33 heavy (non-hydrogen) atoms. The molecule has 0 radical (unpaired) electrons.